The number of guanidine groups is 1. The molecule has 1 atom stereocenters. The van der Waals surface area contributed by atoms with Gasteiger partial charge < -0.3 is 24.7 Å². The summed E-state index contributed by atoms with van der Waals surface area (Å²) in [4.78, 5) is 4.43. The largest absolute Gasteiger partial charge is 0.466 e. The molecule has 23 heavy (non-hydrogen) atoms. The molecule has 0 amide bonds. The van der Waals surface area contributed by atoms with Crippen LogP contribution in [0.25, 0.3) is 0 Å². The van der Waals surface area contributed by atoms with Gasteiger partial charge in [-0.15, -0.1) is 34.2 Å². The standard InChI is InChI=1S/C14H22N6O2.HI/c1-4-15-13(16-8-12-19-18-10-20(12)3)17-9-14(2,21)11-6-5-7-22-11;/h5-7,10,21H,4,8-9H2,1-3H3,(H2,15,16,17);1H. The molecule has 0 saturated heterocycles. The van der Waals surface area contributed by atoms with E-state index in [0.717, 1.165) is 5.82 Å². The molecule has 0 aliphatic heterocycles. The molecule has 1 unspecified atom stereocenters. The van der Waals surface area contributed by atoms with Gasteiger partial charge in [-0.2, -0.15) is 0 Å². The average Bonchev–Trinajstić information content (AvgIpc) is 3.14. The first kappa shape index (κ1) is 19.4. The van der Waals surface area contributed by atoms with Crippen molar-refractivity contribution >= 4 is 29.9 Å². The summed E-state index contributed by atoms with van der Waals surface area (Å²) in [6.07, 6.45) is 3.17. The van der Waals surface area contributed by atoms with Gasteiger partial charge in [-0.05, 0) is 26.0 Å². The van der Waals surface area contributed by atoms with Gasteiger partial charge in [0, 0.05) is 13.6 Å². The van der Waals surface area contributed by atoms with E-state index in [0.29, 0.717) is 24.8 Å². The van der Waals surface area contributed by atoms with Crippen molar-refractivity contribution in [1.82, 2.24) is 25.4 Å². The van der Waals surface area contributed by atoms with Crippen LogP contribution >= 0.6 is 24.0 Å². The third kappa shape index (κ3) is 5.50. The van der Waals surface area contributed by atoms with Crippen LogP contribution in [0.2, 0.25) is 0 Å². The molecule has 0 spiro atoms. The maximum absolute atomic E-state index is 10.4. The summed E-state index contributed by atoms with van der Waals surface area (Å²) in [5, 5.41) is 24.4. The Labute approximate surface area is 152 Å². The molecular formula is C14H23IN6O2. The summed E-state index contributed by atoms with van der Waals surface area (Å²) in [6, 6.07) is 3.49. The number of nitrogens with zero attached hydrogens (tertiary/aromatic N) is 4. The minimum absolute atomic E-state index is 0. The molecule has 0 aromatic carbocycles. The number of furan rings is 1. The van der Waals surface area contributed by atoms with Crippen LogP contribution in [0.5, 0.6) is 0 Å². The van der Waals surface area contributed by atoms with Crippen LogP contribution in [0.1, 0.15) is 25.4 Å². The minimum atomic E-state index is -1.12. The molecule has 0 aliphatic rings. The maximum Gasteiger partial charge on any atom is 0.191 e. The number of aliphatic imine (C=N–C) groups is 1. The van der Waals surface area contributed by atoms with Gasteiger partial charge in [-0.1, -0.05) is 0 Å². The Hall–Kier alpha value is -1.62. The number of aryl methyl sites for hydroxylation is 1. The van der Waals surface area contributed by atoms with Gasteiger partial charge in [0.05, 0.1) is 12.8 Å². The molecule has 128 valence electrons. The summed E-state index contributed by atoms with van der Waals surface area (Å²) >= 11 is 0. The van der Waals surface area contributed by atoms with E-state index in [2.05, 4.69) is 25.8 Å². The van der Waals surface area contributed by atoms with Crippen molar-refractivity contribution in [1.29, 1.82) is 0 Å². The number of hydrogen-bond acceptors (Lipinski definition) is 5. The van der Waals surface area contributed by atoms with Crippen LogP contribution in [-0.4, -0.2) is 38.9 Å². The molecule has 9 heteroatoms. The van der Waals surface area contributed by atoms with Crippen LogP contribution in [0.15, 0.2) is 34.1 Å². The van der Waals surface area contributed by atoms with Gasteiger partial charge in [-0.3, -0.25) is 0 Å². The Kier molecular flexibility index (Phi) is 7.49. The molecule has 0 bridgehead atoms. The summed E-state index contributed by atoms with van der Waals surface area (Å²) in [6.45, 7) is 5.04. The zero-order valence-corrected chi connectivity index (χ0v) is 15.8. The van der Waals surface area contributed by atoms with Crippen molar-refractivity contribution in [3.05, 3.63) is 36.3 Å². The Morgan fingerprint density at radius 2 is 2.26 bits per heavy atom. The lowest BCUT2D eigenvalue weighted by Gasteiger charge is -2.22. The monoisotopic (exact) mass is 434 g/mol. The Balaban J connectivity index is 0.00000264. The van der Waals surface area contributed by atoms with Crippen LogP contribution in [0.4, 0.5) is 0 Å². The Bertz CT molecular complexity index is 609. The second kappa shape index (κ2) is 8.87. The van der Waals surface area contributed by atoms with E-state index in [-0.39, 0.29) is 30.5 Å². The molecule has 0 fully saturated rings. The topological polar surface area (TPSA) is 100 Å². The lowest BCUT2D eigenvalue weighted by molar-refractivity contribution is 0.0386. The first-order valence-corrected chi connectivity index (χ1v) is 7.14. The number of hydrogen-bond donors (Lipinski definition) is 3. The molecule has 0 saturated carbocycles. The number of rotatable bonds is 6. The van der Waals surface area contributed by atoms with Crippen molar-refractivity contribution in [2.75, 3.05) is 13.1 Å². The van der Waals surface area contributed by atoms with Crippen LogP contribution < -0.4 is 10.6 Å². The zero-order chi connectivity index (χ0) is 16.0. The highest BCUT2D eigenvalue weighted by Gasteiger charge is 2.26. The van der Waals surface area contributed by atoms with E-state index in [4.69, 9.17) is 4.42 Å². The van der Waals surface area contributed by atoms with E-state index >= 15 is 0 Å². The smallest absolute Gasteiger partial charge is 0.191 e. The van der Waals surface area contributed by atoms with Gasteiger partial charge in [-0.25, -0.2) is 4.99 Å². The van der Waals surface area contributed by atoms with Crippen molar-refractivity contribution in [2.45, 2.75) is 26.0 Å². The first-order valence-electron chi connectivity index (χ1n) is 7.14. The third-order valence-corrected chi connectivity index (χ3v) is 3.18. The van der Waals surface area contributed by atoms with Crippen molar-refractivity contribution < 1.29 is 9.52 Å². The first-order chi connectivity index (χ1) is 10.5. The zero-order valence-electron chi connectivity index (χ0n) is 13.5. The highest BCUT2D eigenvalue weighted by molar-refractivity contribution is 14.0. The Morgan fingerprint density at radius 3 is 2.83 bits per heavy atom. The summed E-state index contributed by atoms with van der Waals surface area (Å²) in [5.41, 5.74) is -1.12. The number of nitrogens with one attached hydrogen (secondary N) is 2. The van der Waals surface area contributed by atoms with E-state index in [9.17, 15) is 5.11 Å². The van der Waals surface area contributed by atoms with E-state index in [1.54, 1.807) is 25.4 Å². The highest BCUT2D eigenvalue weighted by atomic mass is 127. The molecule has 8 nitrogen and oxygen atoms in total. The molecular weight excluding hydrogens is 411 g/mol. The molecule has 0 radical (unpaired) electrons. The molecule has 2 heterocycles. The molecule has 2 aromatic heterocycles. The fraction of sp³-hybridized carbons (Fsp3) is 0.500. The van der Waals surface area contributed by atoms with Gasteiger partial charge in [0.15, 0.2) is 11.8 Å². The summed E-state index contributed by atoms with van der Waals surface area (Å²) in [5.74, 6) is 1.86. The van der Waals surface area contributed by atoms with E-state index < -0.39 is 5.60 Å². The van der Waals surface area contributed by atoms with Gasteiger partial charge in [0.2, 0.25) is 0 Å². The van der Waals surface area contributed by atoms with Gasteiger partial charge in [0.1, 0.15) is 24.2 Å². The fourth-order valence-corrected chi connectivity index (χ4v) is 1.87. The normalized spacial score (nSPS) is 14.0. The quantitative estimate of drug-likeness (QED) is 0.356. The van der Waals surface area contributed by atoms with Crippen molar-refractivity contribution in [3.8, 4) is 0 Å². The second-order valence-corrected chi connectivity index (χ2v) is 5.16. The van der Waals surface area contributed by atoms with Crippen LogP contribution in [-0.2, 0) is 19.2 Å². The summed E-state index contributed by atoms with van der Waals surface area (Å²) in [7, 11) is 1.87. The van der Waals surface area contributed by atoms with E-state index in [1.807, 2.05) is 18.5 Å². The maximum atomic E-state index is 10.4. The number of halogens is 1. The molecule has 3 N–H and O–H groups in total. The predicted molar refractivity (Wildman–Crippen MR) is 97.5 cm³/mol. The fourth-order valence-electron chi connectivity index (χ4n) is 1.87. The predicted octanol–water partition coefficient (Wildman–Crippen LogP) is 0.989. The van der Waals surface area contributed by atoms with Gasteiger partial charge >= 0.3 is 0 Å². The number of aromatic nitrogens is 3. The second-order valence-electron chi connectivity index (χ2n) is 5.16. The molecule has 0 aliphatic carbocycles. The number of aliphatic hydroxyl groups is 1. The lowest BCUT2D eigenvalue weighted by atomic mass is 10.0. The van der Waals surface area contributed by atoms with Crippen LogP contribution in [0.3, 0.4) is 0 Å². The van der Waals surface area contributed by atoms with Crippen LogP contribution in [0, 0.1) is 0 Å². The minimum Gasteiger partial charge on any atom is -0.466 e. The Morgan fingerprint density at radius 1 is 1.48 bits per heavy atom. The molecule has 2 rings (SSSR count). The van der Waals surface area contributed by atoms with E-state index in [1.165, 1.54) is 6.26 Å². The lowest BCUT2D eigenvalue weighted by Crippen LogP contribution is -2.44. The summed E-state index contributed by atoms with van der Waals surface area (Å²) < 4.78 is 7.06. The highest BCUT2D eigenvalue weighted by Crippen LogP contribution is 2.19. The van der Waals surface area contributed by atoms with Crippen molar-refractivity contribution in [3.63, 3.8) is 0 Å². The van der Waals surface area contributed by atoms with Crippen molar-refractivity contribution in [2.24, 2.45) is 12.0 Å². The van der Waals surface area contributed by atoms with Gasteiger partial charge in [0.25, 0.3) is 0 Å². The third-order valence-electron chi connectivity index (χ3n) is 3.18. The molecule has 2 aromatic rings. The SMILES string of the molecule is CCNC(=NCc1nncn1C)NCC(C)(O)c1ccco1.I. The average molecular weight is 434 g/mol.